The fourth-order valence-corrected chi connectivity index (χ4v) is 3.53. The Bertz CT molecular complexity index is 701. The van der Waals surface area contributed by atoms with Gasteiger partial charge in [0.15, 0.2) is 0 Å². The number of nitrogens with zero attached hydrogens (tertiary/aromatic N) is 2. The molecule has 8 heteroatoms. The topological polar surface area (TPSA) is 62.3 Å². The maximum atomic E-state index is 13.5. The molecule has 1 N–H and O–H groups in total. The molecule has 26 heavy (non-hydrogen) atoms. The van der Waals surface area contributed by atoms with Gasteiger partial charge < -0.3 is 10.2 Å². The molecule has 0 aromatic carbocycles. The Morgan fingerprint density at radius 1 is 1.27 bits per heavy atom. The van der Waals surface area contributed by atoms with Crippen LogP contribution in [0.3, 0.4) is 0 Å². The molecule has 2 fully saturated rings. The van der Waals surface area contributed by atoms with E-state index in [1.54, 1.807) is 4.90 Å². The second-order valence-electron chi connectivity index (χ2n) is 6.99. The number of carbonyl (C=O) groups is 2. The van der Waals surface area contributed by atoms with Crippen LogP contribution in [0.25, 0.3) is 0 Å². The number of hydrogen-bond donors (Lipinski definition) is 1. The fourth-order valence-electron chi connectivity index (χ4n) is 3.53. The lowest BCUT2D eigenvalue weighted by Gasteiger charge is -2.32. The third-order valence-electron chi connectivity index (χ3n) is 5.17. The van der Waals surface area contributed by atoms with Crippen molar-refractivity contribution in [2.24, 2.45) is 5.92 Å². The highest BCUT2D eigenvalue weighted by Gasteiger charge is 2.39. The van der Waals surface area contributed by atoms with Crippen LogP contribution in [0, 0.1) is 5.92 Å². The molecule has 1 aliphatic carbocycles. The molecule has 0 unspecified atom stereocenters. The number of nitrogens with one attached hydrogen (secondary N) is 1. The molecule has 1 aliphatic heterocycles. The Morgan fingerprint density at radius 2 is 2.00 bits per heavy atom. The third-order valence-corrected chi connectivity index (χ3v) is 5.17. The van der Waals surface area contributed by atoms with E-state index in [0.29, 0.717) is 13.0 Å². The Morgan fingerprint density at radius 3 is 2.58 bits per heavy atom. The van der Waals surface area contributed by atoms with Crippen LogP contribution in [-0.4, -0.2) is 28.2 Å². The second kappa shape index (κ2) is 7.25. The molecule has 3 rings (SSSR count). The molecular weight excluding hydrogens is 347 g/mol. The van der Waals surface area contributed by atoms with Crippen LogP contribution in [0.5, 0.6) is 0 Å². The number of amides is 2. The van der Waals surface area contributed by atoms with Crippen molar-refractivity contribution in [1.82, 2.24) is 15.2 Å². The lowest BCUT2D eigenvalue weighted by molar-refractivity contribution is -0.139. The van der Waals surface area contributed by atoms with Gasteiger partial charge in [0.25, 0.3) is 0 Å². The van der Waals surface area contributed by atoms with E-state index in [4.69, 9.17) is 0 Å². The summed E-state index contributed by atoms with van der Waals surface area (Å²) in [6.45, 7) is 1.58. The van der Waals surface area contributed by atoms with Gasteiger partial charge in [-0.1, -0.05) is 6.42 Å². The summed E-state index contributed by atoms with van der Waals surface area (Å²) in [7, 11) is 0. The Kier molecular flexibility index (Phi) is 5.20. The molecule has 2 amide bonds. The summed E-state index contributed by atoms with van der Waals surface area (Å²) < 4.78 is 40.4. The van der Waals surface area contributed by atoms with Gasteiger partial charge in [-0.15, -0.1) is 0 Å². The summed E-state index contributed by atoms with van der Waals surface area (Å²) in [5, 5.41) is 2.38. The molecule has 5 nitrogen and oxygen atoms in total. The molecule has 2 heterocycles. The van der Waals surface area contributed by atoms with Crippen LogP contribution >= 0.6 is 0 Å². The molecule has 1 saturated carbocycles. The zero-order valence-corrected chi connectivity index (χ0v) is 14.6. The van der Waals surface area contributed by atoms with Crippen molar-refractivity contribution in [2.45, 2.75) is 57.8 Å². The molecule has 142 valence electrons. The normalized spacial score (nSPS) is 20.8. The zero-order chi connectivity index (χ0) is 18.9. The van der Waals surface area contributed by atoms with Crippen LogP contribution in [-0.2, 0) is 22.3 Å². The number of carbonyl (C=O) groups excluding carboxylic acids is 2. The highest BCUT2D eigenvalue weighted by atomic mass is 19.4. The summed E-state index contributed by atoms with van der Waals surface area (Å²) in [6.07, 6.45) is 0.750. The van der Waals surface area contributed by atoms with Gasteiger partial charge in [0, 0.05) is 37.7 Å². The van der Waals surface area contributed by atoms with Crippen molar-refractivity contribution in [1.29, 1.82) is 0 Å². The zero-order valence-electron chi connectivity index (χ0n) is 14.6. The highest BCUT2D eigenvalue weighted by Crippen LogP contribution is 2.39. The van der Waals surface area contributed by atoms with Gasteiger partial charge in [0.05, 0.1) is 17.3 Å². The number of likely N-dealkylation sites (tertiary alicyclic amines) is 1. The van der Waals surface area contributed by atoms with E-state index in [-0.39, 0.29) is 29.6 Å². The SMILES string of the molecule is CC(=O)NCc1cnc([C@@H]2CCCN2C(=O)C2CCC2)cc1C(F)(F)F. The van der Waals surface area contributed by atoms with Crippen LogP contribution in [0.2, 0.25) is 0 Å². The minimum atomic E-state index is -4.55. The molecule has 0 spiro atoms. The molecule has 0 radical (unpaired) electrons. The third kappa shape index (κ3) is 3.83. The first-order valence-corrected chi connectivity index (χ1v) is 8.88. The Hall–Kier alpha value is -2.12. The van der Waals surface area contributed by atoms with Gasteiger partial charge in [0.1, 0.15) is 0 Å². The first kappa shape index (κ1) is 18.7. The maximum Gasteiger partial charge on any atom is 0.416 e. The maximum absolute atomic E-state index is 13.5. The highest BCUT2D eigenvalue weighted by molar-refractivity contribution is 5.80. The van der Waals surface area contributed by atoms with E-state index >= 15 is 0 Å². The Labute approximate surface area is 150 Å². The molecule has 1 aromatic rings. The number of aromatic nitrogens is 1. The van der Waals surface area contributed by atoms with Crippen molar-refractivity contribution in [3.8, 4) is 0 Å². The van der Waals surface area contributed by atoms with Gasteiger partial charge in [-0.25, -0.2) is 0 Å². The van der Waals surface area contributed by atoms with Crippen LogP contribution < -0.4 is 5.32 Å². The molecule has 1 atom stereocenters. The van der Waals surface area contributed by atoms with E-state index in [2.05, 4.69) is 10.3 Å². The minimum absolute atomic E-state index is 0.0109. The Balaban J connectivity index is 1.87. The van der Waals surface area contributed by atoms with Crippen molar-refractivity contribution in [3.63, 3.8) is 0 Å². The van der Waals surface area contributed by atoms with Gasteiger partial charge in [-0.2, -0.15) is 13.2 Å². The number of rotatable bonds is 4. The van der Waals surface area contributed by atoms with Crippen molar-refractivity contribution >= 4 is 11.8 Å². The average molecular weight is 369 g/mol. The smallest absolute Gasteiger partial charge is 0.352 e. The van der Waals surface area contributed by atoms with Crippen molar-refractivity contribution < 1.29 is 22.8 Å². The number of hydrogen-bond acceptors (Lipinski definition) is 3. The van der Waals surface area contributed by atoms with Gasteiger partial charge in [0.2, 0.25) is 11.8 Å². The molecule has 0 bridgehead atoms. The summed E-state index contributed by atoms with van der Waals surface area (Å²) in [5.74, 6) is -0.358. The number of alkyl halides is 3. The largest absolute Gasteiger partial charge is 0.416 e. The van der Waals surface area contributed by atoms with Gasteiger partial charge in [-0.3, -0.25) is 14.6 Å². The first-order valence-electron chi connectivity index (χ1n) is 8.88. The second-order valence-corrected chi connectivity index (χ2v) is 6.99. The monoisotopic (exact) mass is 369 g/mol. The first-order chi connectivity index (χ1) is 12.3. The van der Waals surface area contributed by atoms with E-state index in [1.165, 1.54) is 13.1 Å². The van der Waals surface area contributed by atoms with Crippen LogP contribution in [0.15, 0.2) is 12.3 Å². The summed E-state index contributed by atoms with van der Waals surface area (Å²) in [4.78, 5) is 29.5. The summed E-state index contributed by atoms with van der Waals surface area (Å²) >= 11 is 0. The van der Waals surface area contributed by atoms with E-state index in [0.717, 1.165) is 31.7 Å². The quantitative estimate of drug-likeness (QED) is 0.887. The van der Waals surface area contributed by atoms with Crippen molar-refractivity contribution in [3.05, 3.63) is 29.1 Å². The van der Waals surface area contributed by atoms with Crippen LogP contribution in [0.1, 0.15) is 61.9 Å². The molecule has 1 saturated heterocycles. The van der Waals surface area contributed by atoms with Crippen LogP contribution in [0.4, 0.5) is 13.2 Å². The molecular formula is C18H22F3N3O2. The summed E-state index contributed by atoms with van der Waals surface area (Å²) in [5.41, 5.74) is -0.611. The molecule has 1 aromatic heterocycles. The number of pyridine rings is 1. The van der Waals surface area contributed by atoms with Crippen molar-refractivity contribution in [2.75, 3.05) is 6.54 Å². The van der Waals surface area contributed by atoms with Gasteiger partial charge in [-0.05, 0) is 31.7 Å². The summed E-state index contributed by atoms with van der Waals surface area (Å²) in [6, 6.07) is 0.632. The number of halogens is 3. The predicted molar refractivity (Wildman–Crippen MR) is 87.8 cm³/mol. The molecule has 2 aliphatic rings. The van der Waals surface area contributed by atoms with E-state index in [9.17, 15) is 22.8 Å². The lowest BCUT2D eigenvalue weighted by atomic mass is 9.84. The fraction of sp³-hybridized carbons (Fsp3) is 0.611. The standard InChI is InChI=1S/C18H22F3N3O2/c1-11(25)22-9-13-10-23-15(8-14(13)18(19,20)21)16-6-3-7-24(16)17(26)12-4-2-5-12/h8,10,12,16H,2-7,9H2,1H3,(H,22,25)/t16-/m0/s1. The van der Waals surface area contributed by atoms with E-state index < -0.39 is 23.7 Å². The van der Waals surface area contributed by atoms with E-state index in [1.807, 2.05) is 0 Å². The lowest BCUT2D eigenvalue weighted by Crippen LogP contribution is -2.38. The predicted octanol–water partition coefficient (Wildman–Crippen LogP) is 3.20. The van der Waals surface area contributed by atoms with Gasteiger partial charge >= 0.3 is 6.18 Å². The minimum Gasteiger partial charge on any atom is -0.352 e. The average Bonchev–Trinajstić information content (AvgIpc) is 2.99.